The van der Waals surface area contributed by atoms with Crippen molar-refractivity contribution in [3.8, 4) is 11.1 Å². The molecule has 0 unspecified atom stereocenters. The second kappa shape index (κ2) is 10.7. The number of carbonyl (C=O) groups excluding carboxylic acids is 1. The predicted octanol–water partition coefficient (Wildman–Crippen LogP) is 7.03. The molecule has 5 rings (SSSR count). The number of aryl methyl sites for hydroxylation is 3. The first kappa shape index (κ1) is 24.9. The number of hydrogen-bond acceptors (Lipinski definition) is 7. The minimum Gasteiger partial charge on any atom is -0.365 e. The molecule has 37 heavy (non-hydrogen) atoms. The Labute approximate surface area is 223 Å². The van der Waals surface area contributed by atoms with Crippen molar-refractivity contribution in [2.45, 2.75) is 33.2 Å². The van der Waals surface area contributed by atoms with E-state index in [9.17, 15) is 4.79 Å². The van der Waals surface area contributed by atoms with Gasteiger partial charge in [-0.05, 0) is 67.3 Å². The van der Waals surface area contributed by atoms with Crippen molar-refractivity contribution in [1.82, 2.24) is 20.1 Å². The number of carbonyl (C=O) groups is 1. The molecule has 0 aliphatic carbocycles. The number of aromatic nitrogens is 4. The van der Waals surface area contributed by atoms with E-state index < -0.39 is 0 Å². The lowest BCUT2D eigenvalue weighted by atomic mass is 10.0. The summed E-state index contributed by atoms with van der Waals surface area (Å²) < 4.78 is 5.36. The Bertz CT molecular complexity index is 1600. The number of rotatable bonds is 8. The Morgan fingerprint density at radius 3 is 2.57 bits per heavy atom. The van der Waals surface area contributed by atoms with Gasteiger partial charge in [0.2, 0.25) is 0 Å². The standard InChI is InChI=1S/C28H23Cl2N5O2/c1-16-26(17(2)37-35-16)20-7-8-24-23(12-20)27(32-14-18-4-3-5-21(29)10-18)34-28(33-24)25(36)9-6-19-11-22(30)15-31-13-19/h3-5,7-8,10-13,15H,6,9,14H2,1-2H3,(H,32,33,34). The van der Waals surface area contributed by atoms with Gasteiger partial charge in [-0.25, -0.2) is 9.97 Å². The van der Waals surface area contributed by atoms with Crippen LogP contribution in [-0.4, -0.2) is 25.9 Å². The van der Waals surface area contributed by atoms with Crippen LogP contribution in [0.3, 0.4) is 0 Å². The Morgan fingerprint density at radius 2 is 1.81 bits per heavy atom. The zero-order valence-corrected chi connectivity index (χ0v) is 21.8. The molecule has 0 spiro atoms. The highest BCUT2D eigenvalue weighted by atomic mass is 35.5. The number of pyridine rings is 1. The summed E-state index contributed by atoms with van der Waals surface area (Å²) in [5.74, 6) is 1.28. The van der Waals surface area contributed by atoms with E-state index in [4.69, 9.17) is 27.7 Å². The number of ketones is 1. The van der Waals surface area contributed by atoms with Gasteiger partial charge in [0.1, 0.15) is 11.6 Å². The fraction of sp³-hybridized carbons (Fsp3) is 0.179. The zero-order chi connectivity index (χ0) is 25.9. The van der Waals surface area contributed by atoms with E-state index in [1.807, 2.05) is 56.3 Å². The molecule has 0 aliphatic heterocycles. The lowest BCUT2D eigenvalue weighted by molar-refractivity contribution is 0.0973. The summed E-state index contributed by atoms with van der Waals surface area (Å²) in [6.07, 6.45) is 3.99. The van der Waals surface area contributed by atoms with Gasteiger partial charge >= 0.3 is 0 Å². The van der Waals surface area contributed by atoms with Gasteiger partial charge in [-0.1, -0.05) is 46.6 Å². The van der Waals surface area contributed by atoms with E-state index in [1.165, 1.54) is 0 Å². The molecule has 0 fully saturated rings. The molecule has 1 N–H and O–H groups in total. The summed E-state index contributed by atoms with van der Waals surface area (Å²) in [7, 11) is 0. The number of nitrogens with zero attached hydrogens (tertiary/aromatic N) is 4. The quantitative estimate of drug-likeness (QED) is 0.214. The third kappa shape index (κ3) is 5.63. The van der Waals surface area contributed by atoms with Crippen LogP contribution in [0.5, 0.6) is 0 Å². The highest BCUT2D eigenvalue weighted by Crippen LogP contribution is 2.32. The van der Waals surface area contributed by atoms with Crippen molar-refractivity contribution < 1.29 is 9.32 Å². The predicted molar refractivity (Wildman–Crippen MR) is 145 cm³/mol. The Balaban J connectivity index is 1.50. The van der Waals surface area contributed by atoms with Gasteiger partial charge in [-0.3, -0.25) is 9.78 Å². The first-order chi connectivity index (χ1) is 17.9. The molecule has 186 valence electrons. The van der Waals surface area contributed by atoms with Crippen molar-refractivity contribution in [3.05, 3.63) is 99.4 Å². The van der Waals surface area contributed by atoms with Crippen LogP contribution in [-0.2, 0) is 13.0 Å². The summed E-state index contributed by atoms with van der Waals surface area (Å²) in [6.45, 7) is 4.26. The highest BCUT2D eigenvalue weighted by Gasteiger charge is 2.17. The van der Waals surface area contributed by atoms with Crippen molar-refractivity contribution in [1.29, 1.82) is 0 Å². The average Bonchev–Trinajstić information content (AvgIpc) is 3.23. The number of halogens is 2. The van der Waals surface area contributed by atoms with E-state index in [1.54, 1.807) is 18.5 Å². The molecule has 0 saturated heterocycles. The lowest BCUT2D eigenvalue weighted by Crippen LogP contribution is -2.11. The number of nitrogens with one attached hydrogen (secondary N) is 1. The minimum absolute atomic E-state index is 0.154. The van der Waals surface area contributed by atoms with Gasteiger partial charge in [0.25, 0.3) is 0 Å². The van der Waals surface area contributed by atoms with Crippen molar-refractivity contribution in [3.63, 3.8) is 0 Å². The maximum absolute atomic E-state index is 13.1. The van der Waals surface area contributed by atoms with Crippen molar-refractivity contribution >= 4 is 45.7 Å². The van der Waals surface area contributed by atoms with Gasteiger partial charge in [0.15, 0.2) is 11.6 Å². The van der Waals surface area contributed by atoms with Crippen LogP contribution in [0, 0.1) is 13.8 Å². The zero-order valence-electron chi connectivity index (χ0n) is 20.3. The first-order valence-corrected chi connectivity index (χ1v) is 12.5. The molecule has 7 nitrogen and oxygen atoms in total. The molecule has 0 bridgehead atoms. The smallest absolute Gasteiger partial charge is 0.200 e. The molecule has 0 aliphatic rings. The molecule has 5 aromatic rings. The van der Waals surface area contributed by atoms with Crippen LogP contribution in [0.2, 0.25) is 10.0 Å². The molecule has 0 atom stereocenters. The lowest BCUT2D eigenvalue weighted by Gasteiger charge is -2.12. The number of hydrogen-bond donors (Lipinski definition) is 1. The second-order valence-corrected chi connectivity index (χ2v) is 9.62. The number of fused-ring (bicyclic) bond motifs is 1. The molecular formula is C28H23Cl2N5O2. The maximum atomic E-state index is 13.1. The van der Waals surface area contributed by atoms with Gasteiger partial charge in [-0.15, -0.1) is 0 Å². The Kier molecular flexibility index (Phi) is 7.17. The molecule has 9 heteroatoms. The molecule has 3 aromatic heterocycles. The summed E-state index contributed by atoms with van der Waals surface area (Å²) in [4.78, 5) is 26.5. The first-order valence-electron chi connectivity index (χ1n) is 11.7. The van der Waals surface area contributed by atoms with E-state index in [0.29, 0.717) is 34.3 Å². The fourth-order valence-corrected chi connectivity index (χ4v) is 4.64. The van der Waals surface area contributed by atoms with Crippen LogP contribution in [0.1, 0.15) is 39.6 Å². The topological polar surface area (TPSA) is 93.8 Å². The third-order valence-electron chi connectivity index (χ3n) is 6.02. The molecule has 3 heterocycles. The minimum atomic E-state index is -0.164. The summed E-state index contributed by atoms with van der Waals surface area (Å²) >= 11 is 12.2. The number of anilines is 1. The van der Waals surface area contributed by atoms with Crippen molar-refractivity contribution in [2.75, 3.05) is 5.32 Å². The monoisotopic (exact) mass is 531 g/mol. The largest absolute Gasteiger partial charge is 0.365 e. The van der Waals surface area contributed by atoms with E-state index in [-0.39, 0.29) is 18.0 Å². The normalized spacial score (nSPS) is 11.1. The van der Waals surface area contributed by atoms with E-state index >= 15 is 0 Å². The highest BCUT2D eigenvalue weighted by molar-refractivity contribution is 6.30. The molecular weight excluding hydrogens is 509 g/mol. The fourth-order valence-electron chi connectivity index (χ4n) is 4.23. The molecule has 0 amide bonds. The Morgan fingerprint density at radius 1 is 0.973 bits per heavy atom. The second-order valence-electron chi connectivity index (χ2n) is 8.74. The van der Waals surface area contributed by atoms with Crippen LogP contribution >= 0.6 is 23.2 Å². The Hall–Kier alpha value is -3.81. The van der Waals surface area contributed by atoms with Gasteiger partial charge in [0, 0.05) is 41.3 Å². The van der Waals surface area contributed by atoms with E-state index in [2.05, 4.69) is 25.4 Å². The molecule has 0 radical (unpaired) electrons. The average molecular weight is 532 g/mol. The van der Waals surface area contributed by atoms with Crippen LogP contribution < -0.4 is 5.32 Å². The van der Waals surface area contributed by atoms with Crippen LogP contribution in [0.25, 0.3) is 22.0 Å². The summed E-state index contributed by atoms with van der Waals surface area (Å²) in [5, 5.41) is 9.43. The number of Topliss-reactive ketones (excluding diaryl/α,β-unsaturated/α-hetero) is 1. The summed E-state index contributed by atoms with van der Waals surface area (Å²) in [6, 6.07) is 15.2. The SMILES string of the molecule is Cc1noc(C)c1-c1ccc2nc(C(=O)CCc3cncc(Cl)c3)nc(NCc3cccc(Cl)c3)c2c1. The van der Waals surface area contributed by atoms with Crippen LogP contribution in [0.15, 0.2) is 65.4 Å². The van der Waals surface area contributed by atoms with Crippen LogP contribution in [0.4, 0.5) is 5.82 Å². The maximum Gasteiger partial charge on any atom is 0.200 e. The molecule has 2 aromatic carbocycles. The van der Waals surface area contributed by atoms with Crippen molar-refractivity contribution in [2.24, 2.45) is 0 Å². The number of benzene rings is 2. The third-order valence-corrected chi connectivity index (χ3v) is 6.46. The molecule has 0 saturated carbocycles. The summed E-state index contributed by atoms with van der Waals surface area (Å²) in [5.41, 5.74) is 5.19. The van der Waals surface area contributed by atoms with Gasteiger partial charge in [0.05, 0.1) is 16.2 Å². The van der Waals surface area contributed by atoms with Gasteiger partial charge in [-0.2, -0.15) is 0 Å². The van der Waals surface area contributed by atoms with E-state index in [0.717, 1.165) is 39.1 Å². The van der Waals surface area contributed by atoms with Gasteiger partial charge < -0.3 is 9.84 Å².